The van der Waals surface area contributed by atoms with E-state index in [1.807, 2.05) is 19.1 Å². The third kappa shape index (κ3) is 4.31. The molecular formula is C17H26FN. The highest BCUT2D eigenvalue weighted by Crippen LogP contribution is 2.30. The molecule has 0 aliphatic heterocycles. The average Bonchev–Trinajstić information content (AvgIpc) is 2.39. The zero-order chi connectivity index (χ0) is 13.7. The van der Waals surface area contributed by atoms with Gasteiger partial charge < -0.3 is 5.32 Å². The van der Waals surface area contributed by atoms with Crippen molar-refractivity contribution in [2.75, 3.05) is 6.54 Å². The zero-order valence-electron chi connectivity index (χ0n) is 12.2. The molecule has 3 unspecified atom stereocenters. The SMILES string of the molecule is CC1CCCC(CCNC(C)c2ccccc2F)C1. The Bertz CT molecular complexity index is 391. The summed E-state index contributed by atoms with van der Waals surface area (Å²) in [6.07, 6.45) is 6.75. The summed E-state index contributed by atoms with van der Waals surface area (Å²) in [7, 11) is 0. The highest BCUT2D eigenvalue weighted by molar-refractivity contribution is 5.20. The quantitative estimate of drug-likeness (QED) is 0.812. The first-order valence-electron chi connectivity index (χ1n) is 7.64. The van der Waals surface area contributed by atoms with Crippen LogP contribution >= 0.6 is 0 Å². The van der Waals surface area contributed by atoms with E-state index in [1.54, 1.807) is 6.07 Å². The van der Waals surface area contributed by atoms with Crippen molar-refractivity contribution < 1.29 is 4.39 Å². The van der Waals surface area contributed by atoms with Gasteiger partial charge >= 0.3 is 0 Å². The first-order chi connectivity index (χ1) is 9.16. The first-order valence-corrected chi connectivity index (χ1v) is 7.64. The largest absolute Gasteiger partial charge is 0.310 e. The van der Waals surface area contributed by atoms with Crippen LogP contribution in [-0.2, 0) is 0 Å². The van der Waals surface area contributed by atoms with Crippen molar-refractivity contribution >= 4 is 0 Å². The van der Waals surface area contributed by atoms with E-state index in [1.165, 1.54) is 38.2 Å². The van der Waals surface area contributed by atoms with Crippen LogP contribution in [-0.4, -0.2) is 6.54 Å². The van der Waals surface area contributed by atoms with Crippen molar-refractivity contribution in [2.24, 2.45) is 11.8 Å². The molecule has 0 aromatic heterocycles. The van der Waals surface area contributed by atoms with E-state index >= 15 is 0 Å². The zero-order valence-corrected chi connectivity index (χ0v) is 12.2. The van der Waals surface area contributed by atoms with Gasteiger partial charge in [0.1, 0.15) is 5.82 Å². The molecular weight excluding hydrogens is 237 g/mol. The summed E-state index contributed by atoms with van der Waals surface area (Å²) in [5, 5.41) is 3.46. The summed E-state index contributed by atoms with van der Waals surface area (Å²) >= 11 is 0. The minimum Gasteiger partial charge on any atom is -0.310 e. The van der Waals surface area contributed by atoms with Gasteiger partial charge in [-0.05, 0) is 44.2 Å². The molecule has 1 aliphatic carbocycles. The summed E-state index contributed by atoms with van der Waals surface area (Å²) in [5.74, 6) is 1.65. The Kier molecular flexibility index (Phi) is 5.38. The van der Waals surface area contributed by atoms with Gasteiger partial charge in [0.25, 0.3) is 0 Å². The number of benzene rings is 1. The molecule has 19 heavy (non-hydrogen) atoms. The molecule has 2 heteroatoms. The summed E-state index contributed by atoms with van der Waals surface area (Å²) in [6.45, 7) is 5.40. The van der Waals surface area contributed by atoms with Crippen LogP contribution in [0.1, 0.15) is 57.6 Å². The third-order valence-corrected chi connectivity index (χ3v) is 4.42. The highest BCUT2D eigenvalue weighted by atomic mass is 19.1. The van der Waals surface area contributed by atoms with E-state index in [-0.39, 0.29) is 11.9 Å². The maximum Gasteiger partial charge on any atom is 0.127 e. The molecule has 1 aromatic rings. The van der Waals surface area contributed by atoms with Gasteiger partial charge in [0, 0.05) is 11.6 Å². The van der Waals surface area contributed by atoms with Crippen LogP contribution in [0, 0.1) is 17.7 Å². The van der Waals surface area contributed by atoms with E-state index in [2.05, 4.69) is 12.2 Å². The molecule has 0 saturated heterocycles. The fourth-order valence-electron chi connectivity index (χ4n) is 3.26. The smallest absolute Gasteiger partial charge is 0.127 e. The van der Waals surface area contributed by atoms with Gasteiger partial charge in [0.15, 0.2) is 0 Å². The fourth-order valence-corrected chi connectivity index (χ4v) is 3.26. The minimum atomic E-state index is -0.103. The highest BCUT2D eigenvalue weighted by Gasteiger charge is 2.18. The Balaban J connectivity index is 1.75. The van der Waals surface area contributed by atoms with Crippen LogP contribution in [0.15, 0.2) is 24.3 Å². The fraction of sp³-hybridized carbons (Fsp3) is 0.647. The van der Waals surface area contributed by atoms with Gasteiger partial charge in [-0.1, -0.05) is 44.4 Å². The predicted molar refractivity (Wildman–Crippen MR) is 78.6 cm³/mol. The molecule has 1 N–H and O–H groups in total. The lowest BCUT2D eigenvalue weighted by Gasteiger charge is -2.27. The van der Waals surface area contributed by atoms with Gasteiger partial charge in [-0.25, -0.2) is 4.39 Å². The summed E-state index contributed by atoms with van der Waals surface area (Å²) in [4.78, 5) is 0. The van der Waals surface area contributed by atoms with Gasteiger partial charge in [0.2, 0.25) is 0 Å². The van der Waals surface area contributed by atoms with Gasteiger partial charge in [-0.3, -0.25) is 0 Å². The molecule has 1 aromatic carbocycles. The number of hydrogen-bond acceptors (Lipinski definition) is 1. The van der Waals surface area contributed by atoms with Crippen LogP contribution in [0.5, 0.6) is 0 Å². The molecule has 106 valence electrons. The average molecular weight is 263 g/mol. The minimum absolute atomic E-state index is 0.0993. The molecule has 1 nitrogen and oxygen atoms in total. The Labute approximate surface area is 116 Å². The molecule has 0 radical (unpaired) electrons. The summed E-state index contributed by atoms with van der Waals surface area (Å²) < 4.78 is 13.6. The van der Waals surface area contributed by atoms with Crippen molar-refractivity contribution in [3.05, 3.63) is 35.6 Å². The molecule has 0 bridgehead atoms. The number of halogens is 1. The van der Waals surface area contributed by atoms with Crippen LogP contribution in [0.25, 0.3) is 0 Å². The van der Waals surface area contributed by atoms with E-state index in [0.29, 0.717) is 0 Å². The van der Waals surface area contributed by atoms with Crippen molar-refractivity contribution in [3.63, 3.8) is 0 Å². The Morgan fingerprint density at radius 2 is 2.11 bits per heavy atom. The van der Waals surface area contributed by atoms with Crippen molar-refractivity contribution in [2.45, 2.75) is 52.0 Å². The lowest BCUT2D eigenvalue weighted by Crippen LogP contribution is -2.24. The molecule has 1 saturated carbocycles. The Morgan fingerprint density at radius 3 is 2.84 bits per heavy atom. The van der Waals surface area contributed by atoms with E-state index in [0.717, 1.165) is 23.9 Å². The van der Waals surface area contributed by atoms with E-state index in [4.69, 9.17) is 0 Å². The molecule has 0 amide bonds. The predicted octanol–water partition coefficient (Wildman–Crippen LogP) is 4.69. The first kappa shape index (κ1) is 14.5. The molecule has 3 atom stereocenters. The second-order valence-electron chi connectivity index (χ2n) is 6.12. The number of rotatable bonds is 5. The lowest BCUT2D eigenvalue weighted by atomic mass is 9.81. The van der Waals surface area contributed by atoms with Gasteiger partial charge in [-0.15, -0.1) is 0 Å². The van der Waals surface area contributed by atoms with E-state index < -0.39 is 0 Å². The molecule has 1 aliphatic rings. The normalized spacial score (nSPS) is 25.2. The second-order valence-corrected chi connectivity index (χ2v) is 6.12. The van der Waals surface area contributed by atoms with Crippen LogP contribution in [0.2, 0.25) is 0 Å². The van der Waals surface area contributed by atoms with Crippen molar-refractivity contribution in [1.29, 1.82) is 0 Å². The van der Waals surface area contributed by atoms with Crippen LogP contribution in [0.4, 0.5) is 4.39 Å². The van der Waals surface area contributed by atoms with Crippen molar-refractivity contribution in [3.8, 4) is 0 Å². The summed E-state index contributed by atoms with van der Waals surface area (Å²) in [6, 6.07) is 7.16. The standard InChI is InChI=1S/C17H26FN/c1-13-6-5-7-15(12-13)10-11-19-14(2)16-8-3-4-9-17(16)18/h3-4,8-9,13-15,19H,5-7,10-12H2,1-2H3. The second kappa shape index (κ2) is 7.04. The van der Waals surface area contributed by atoms with Crippen molar-refractivity contribution in [1.82, 2.24) is 5.32 Å². The van der Waals surface area contributed by atoms with E-state index in [9.17, 15) is 4.39 Å². The van der Waals surface area contributed by atoms with Crippen LogP contribution in [0.3, 0.4) is 0 Å². The Hall–Kier alpha value is -0.890. The molecule has 1 fully saturated rings. The maximum absolute atomic E-state index is 13.6. The van der Waals surface area contributed by atoms with Crippen LogP contribution < -0.4 is 5.32 Å². The lowest BCUT2D eigenvalue weighted by molar-refractivity contribution is 0.265. The molecule has 2 rings (SSSR count). The maximum atomic E-state index is 13.6. The number of hydrogen-bond donors (Lipinski definition) is 1. The van der Waals surface area contributed by atoms with Gasteiger partial charge in [0.05, 0.1) is 0 Å². The molecule has 0 spiro atoms. The molecule has 0 heterocycles. The van der Waals surface area contributed by atoms with Gasteiger partial charge in [-0.2, -0.15) is 0 Å². The number of nitrogens with one attached hydrogen (secondary N) is 1. The summed E-state index contributed by atoms with van der Waals surface area (Å²) in [5.41, 5.74) is 0.777. The monoisotopic (exact) mass is 263 g/mol. The Morgan fingerprint density at radius 1 is 1.32 bits per heavy atom. The third-order valence-electron chi connectivity index (χ3n) is 4.42. The topological polar surface area (TPSA) is 12.0 Å².